The van der Waals surface area contributed by atoms with E-state index in [0.29, 0.717) is 5.56 Å². The lowest BCUT2D eigenvalue weighted by molar-refractivity contribution is -0.0212. The molecule has 3 heterocycles. The first kappa shape index (κ1) is 16.0. The summed E-state index contributed by atoms with van der Waals surface area (Å²) in [6.07, 6.45) is 0.200. The highest BCUT2D eigenvalue weighted by Crippen LogP contribution is 2.48. The molecule has 26 heavy (non-hydrogen) atoms. The van der Waals surface area contributed by atoms with E-state index in [1.165, 1.54) is 6.07 Å². The number of thiophene rings is 1. The predicted molar refractivity (Wildman–Crippen MR) is 104 cm³/mol. The van der Waals surface area contributed by atoms with Crippen molar-refractivity contribution >= 4 is 33.0 Å². The average molecular weight is 429 g/mol. The number of hydrogen-bond donors (Lipinski definition) is 0. The number of hydrazone groups is 1. The minimum Gasteiger partial charge on any atom is -0.464 e. The molecule has 0 N–H and O–H groups in total. The summed E-state index contributed by atoms with van der Waals surface area (Å²) in [5.41, 5.74) is 2.59. The molecule has 3 aromatic rings. The van der Waals surface area contributed by atoms with Crippen molar-refractivity contribution in [2.24, 2.45) is 5.10 Å². The van der Waals surface area contributed by atoms with E-state index in [2.05, 4.69) is 28.1 Å². The Morgan fingerprint density at radius 2 is 2.00 bits per heavy atom. The Labute approximate surface area is 162 Å². The van der Waals surface area contributed by atoms with Gasteiger partial charge in [-0.3, -0.25) is 0 Å². The van der Waals surface area contributed by atoms with Gasteiger partial charge in [0, 0.05) is 16.5 Å². The number of fused-ring (bicyclic) bond motifs is 3. The molecule has 0 bridgehead atoms. The van der Waals surface area contributed by atoms with E-state index in [9.17, 15) is 4.39 Å². The number of rotatable bonds is 2. The summed E-state index contributed by atoms with van der Waals surface area (Å²) in [4.78, 5) is 1.14. The van der Waals surface area contributed by atoms with E-state index >= 15 is 0 Å². The molecule has 0 fully saturated rings. The summed E-state index contributed by atoms with van der Waals surface area (Å²) in [7, 11) is 0. The number of hydrogen-bond acceptors (Lipinski definition) is 4. The molecule has 2 aliphatic rings. The summed E-state index contributed by atoms with van der Waals surface area (Å²) < 4.78 is 21.7. The first-order chi connectivity index (χ1) is 12.7. The molecular weight excluding hydrogens is 415 g/mol. The standard InChI is InChI=1S/C20H14BrFN2OS/c21-12-7-8-18-14(10-12)17-11-16(19-6-3-9-26-19)23-24(17)20(25-18)13-4-1-2-5-15(13)22/h1-10,17,20H,11H2. The third kappa shape index (κ3) is 2.56. The highest BCUT2D eigenvalue weighted by Gasteiger charge is 2.42. The van der Waals surface area contributed by atoms with Crippen LogP contribution in [0.15, 0.2) is 69.6 Å². The van der Waals surface area contributed by atoms with E-state index < -0.39 is 6.23 Å². The summed E-state index contributed by atoms with van der Waals surface area (Å²) in [6, 6.07) is 16.8. The van der Waals surface area contributed by atoms with E-state index in [1.54, 1.807) is 23.5 Å². The fourth-order valence-corrected chi connectivity index (χ4v) is 4.63. The van der Waals surface area contributed by atoms with Crippen molar-refractivity contribution in [3.05, 3.63) is 86.3 Å². The van der Waals surface area contributed by atoms with Crippen LogP contribution in [0.3, 0.4) is 0 Å². The van der Waals surface area contributed by atoms with Crippen molar-refractivity contribution in [3.8, 4) is 5.75 Å². The summed E-state index contributed by atoms with van der Waals surface area (Å²) in [5, 5.41) is 8.78. The lowest BCUT2D eigenvalue weighted by Crippen LogP contribution is -2.34. The van der Waals surface area contributed by atoms with Gasteiger partial charge in [-0.15, -0.1) is 11.3 Å². The lowest BCUT2D eigenvalue weighted by atomic mass is 9.97. The topological polar surface area (TPSA) is 24.8 Å². The Morgan fingerprint density at radius 1 is 1.12 bits per heavy atom. The minimum absolute atomic E-state index is 0.0259. The van der Waals surface area contributed by atoms with Crippen molar-refractivity contribution in [3.63, 3.8) is 0 Å². The highest BCUT2D eigenvalue weighted by atomic mass is 79.9. The fraction of sp³-hybridized carbons (Fsp3) is 0.150. The molecule has 1 aromatic heterocycles. The van der Waals surface area contributed by atoms with Gasteiger partial charge in [0.15, 0.2) is 0 Å². The van der Waals surface area contributed by atoms with Crippen LogP contribution in [0.5, 0.6) is 5.75 Å². The normalized spacial score (nSPS) is 21.0. The monoisotopic (exact) mass is 428 g/mol. The quantitative estimate of drug-likeness (QED) is 0.507. The second-order valence-corrected chi connectivity index (χ2v) is 8.16. The van der Waals surface area contributed by atoms with Gasteiger partial charge in [-0.05, 0) is 35.7 Å². The molecule has 0 saturated carbocycles. The van der Waals surface area contributed by atoms with Gasteiger partial charge in [-0.1, -0.05) is 40.2 Å². The van der Waals surface area contributed by atoms with Crippen molar-refractivity contribution < 1.29 is 9.13 Å². The zero-order chi connectivity index (χ0) is 17.7. The molecule has 0 aliphatic carbocycles. The van der Waals surface area contributed by atoms with Crippen molar-refractivity contribution in [1.82, 2.24) is 5.01 Å². The van der Waals surface area contributed by atoms with Gasteiger partial charge in [0.2, 0.25) is 6.23 Å². The smallest absolute Gasteiger partial charge is 0.216 e. The maximum atomic E-state index is 14.5. The Bertz CT molecular complexity index is 1000. The van der Waals surface area contributed by atoms with Gasteiger partial charge in [-0.2, -0.15) is 5.10 Å². The Morgan fingerprint density at radius 3 is 2.81 bits per heavy atom. The number of benzene rings is 2. The third-order valence-electron chi connectivity index (χ3n) is 4.73. The first-order valence-corrected chi connectivity index (χ1v) is 9.98. The van der Waals surface area contributed by atoms with Gasteiger partial charge < -0.3 is 4.74 Å². The molecule has 5 rings (SSSR count). The van der Waals surface area contributed by atoms with Crippen LogP contribution in [0, 0.1) is 5.82 Å². The molecule has 0 radical (unpaired) electrons. The molecule has 0 amide bonds. The largest absolute Gasteiger partial charge is 0.464 e. The van der Waals surface area contributed by atoms with Crippen LogP contribution in [0.1, 0.15) is 34.7 Å². The number of ether oxygens (including phenoxy) is 1. The third-order valence-corrected chi connectivity index (χ3v) is 6.14. The van der Waals surface area contributed by atoms with Crippen LogP contribution in [0.4, 0.5) is 4.39 Å². The number of halogens is 2. The van der Waals surface area contributed by atoms with Gasteiger partial charge in [0.05, 0.1) is 22.2 Å². The average Bonchev–Trinajstić information content (AvgIpc) is 3.31. The lowest BCUT2D eigenvalue weighted by Gasteiger charge is -2.38. The molecular formula is C20H14BrFN2OS. The van der Waals surface area contributed by atoms with Crippen LogP contribution in [0.2, 0.25) is 0 Å². The minimum atomic E-state index is -0.577. The molecule has 0 spiro atoms. The summed E-state index contributed by atoms with van der Waals surface area (Å²) in [6.45, 7) is 0. The SMILES string of the molecule is Fc1ccccc1C1Oc2ccc(Br)cc2C2CC(c3cccs3)=NN21. The van der Waals surface area contributed by atoms with Crippen LogP contribution in [0.25, 0.3) is 0 Å². The molecule has 130 valence electrons. The first-order valence-electron chi connectivity index (χ1n) is 8.31. The van der Waals surface area contributed by atoms with E-state index in [4.69, 9.17) is 9.84 Å². The molecule has 2 aliphatic heterocycles. The molecule has 2 unspecified atom stereocenters. The van der Waals surface area contributed by atoms with Crippen LogP contribution < -0.4 is 4.74 Å². The zero-order valence-corrected chi connectivity index (χ0v) is 16.0. The van der Waals surface area contributed by atoms with Gasteiger partial charge in [-0.25, -0.2) is 9.40 Å². The van der Waals surface area contributed by atoms with E-state index in [1.807, 2.05) is 34.7 Å². The van der Waals surface area contributed by atoms with E-state index in [0.717, 1.165) is 32.8 Å². The summed E-state index contributed by atoms with van der Waals surface area (Å²) in [5.74, 6) is 0.502. The predicted octanol–water partition coefficient (Wildman–Crippen LogP) is 5.89. The van der Waals surface area contributed by atoms with Gasteiger partial charge >= 0.3 is 0 Å². The Balaban J connectivity index is 1.64. The Kier molecular flexibility index (Phi) is 3.83. The maximum absolute atomic E-state index is 14.5. The molecule has 2 atom stereocenters. The zero-order valence-electron chi connectivity index (χ0n) is 13.6. The van der Waals surface area contributed by atoms with Crippen molar-refractivity contribution in [1.29, 1.82) is 0 Å². The molecule has 0 saturated heterocycles. The van der Waals surface area contributed by atoms with Crippen LogP contribution in [-0.4, -0.2) is 10.7 Å². The molecule has 2 aromatic carbocycles. The van der Waals surface area contributed by atoms with E-state index in [-0.39, 0.29) is 11.9 Å². The van der Waals surface area contributed by atoms with Crippen LogP contribution in [-0.2, 0) is 0 Å². The second kappa shape index (κ2) is 6.21. The second-order valence-electron chi connectivity index (χ2n) is 6.30. The van der Waals surface area contributed by atoms with Crippen LogP contribution >= 0.6 is 27.3 Å². The fourth-order valence-electron chi connectivity index (χ4n) is 3.53. The Hall–Kier alpha value is -2.18. The van der Waals surface area contributed by atoms with Gasteiger partial charge in [0.1, 0.15) is 11.6 Å². The summed E-state index contributed by atoms with van der Waals surface area (Å²) >= 11 is 5.21. The van der Waals surface area contributed by atoms with Crippen molar-refractivity contribution in [2.45, 2.75) is 18.7 Å². The number of nitrogens with zero attached hydrogens (tertiary/aromatic N) is 2. The molecule has 6 heteroatoms. The van der Waals surface area contributed by atoms with Crippen molar-refractivity contribution in [2.75, 3.05) is 0 Å². The van der Waals surface area contributed by atoms with Gasteiger partial charge in [0.25, 0.3) is 0 Å². The maximum Gasteiger partial charge on any atom is 0.216 e. The molecule has 3 nitrogen and oxygen atoms in total. The highest BCUT2D eigenvalue weighted by molar-refractivity contribution is 9.10.